The van der Waals surface area contributed by atoms with Crippen LogP contribution in [0.5, 0.6) is 11.5 Å². The van der Waals surface area contributed by atoms with Crippen molar-refractivity contribution < 1.29 is 23.9 Å². The number of ether oxygens (including phenoxy) is 2. The molecule has 0 atom stereocenters. The molecule has 3 rings (SSSR count). The van der Waals surface area contributed by atoms with Crippen LogP contribution in [0.15, 0.2) is 35.7 Å². The highest BCUT2D eigenvalue weighted by Crippen LogP contribution is 2.42. The number of rotatable bonds is 8. The Hall–Kier alpha value is -3.07. The number of carbonyl (C=O) groups is 3. The van der Waals surface area contributed by atoms with Crippen LogP contribution in [-0.2, 0) is 19.8 Å². The molecule has 1 aromatic heterocycles. The molecule has 1 heterocycles. The van der Waals surface area contributed by atoms with Crippen LogP contribution in [0, 0.1) is 0 Å². The average molecular weight is 446 g/mol. The Bertz CT molecular complexity index is 923. The quantitative estimate of drug-likeness (QED) is 0.541. The first kappa shape index (κ1) is 22.6. The van der Waals surface area contributed by atoms with Crippen LogP contribution in [0.3, 0.4) is 0 Å². The third-order valence-electron chi connectivity index (χ3n) is 5.50. The summed E-state index contributed by atoms with van der Waals surface area (Å²) in [5.41, 5.74) is 0.263. The zero-order chi connectivity index (χ0) is 22.3. The Balaban J connectivity index is 1.50. The Kier molecular flexibility index (Phi) is 7.51. The number of hydrogen-bond acceptors (Lipinski definition) is 6. The Morgan fingerprint density at radius 1 is 1.03 bits per heavy atom. The third-order valence-corrected chi connectivity index (χ3v) is 6.62. The lowest BCUT2D eigenvalue weighted by atomic mass is 9.84. The molecule has 0 unspecified atom stereocenters. The first-order valence-electron chi connectivity index (χ1n) is 10.1. The number of anilines is 1. The molecule has 0 bridgehead atoms. The monoisotopic (exact) mass is 445 g/mol. The molecule has 0 spiro atoms. The van der Waals surface area contributed by atoms with Gasteiger partial charge in [-0.2, -0.15) is 0 Å². The second-order valence-electron chi connectivity index (χ2n) is 7.44. The summed E-state index contributed by atoms with van der Waals surface area (Å²) in [5.74, 6) is -1.25. The van der Waals surface area contributed by atoms with Gasteiger partial charge in [0.2, 0.25) is 5.91 Å². The van der Waals surface area contributed by atoms with Gasteiger partial charge in [-0.3, -0.25) is 14.4 Å². The van der Waals surface area contributed by atoms with Crippen LogP contribution in [0.2, 0.25) is 0 Å². The maximum atomic E-state index is 12.3. The first-order valence-corrected chi connectivity index (χ1v) is 11.0. The first-order chi connectivity index (χ1) is 15.0. The Morgan fingerprint density at radius 2 is 1.81 bits per heavy atom. The van der Waals surface area contributed by atoms with E-state index >= 15 is 0 Å². The second-order valence-corrected chi connectivity index (χ2v) is 8.39. The number of methoxy groups -OCH3 is 2. The minimum absolute atomic E-state index is 0.0336. The van der Waals surface area contributed by atoms with Crippen molar-refractivity contribution in [1.29, 1.82) is 0 Å². The van der Waals surface area contributed by atoms with Crippen LogP contribution in [0.1, 0.15) is 30.6 Å². The maximum absolute atomic E-state index is 12.3. The fraction of sp³-hybridized carbons (Fsp3) is 0.409. The highest BCUT2D eigenvalue weighted by molar-refractivity contribution is 7.10. The summed E-state index contributed by atoms with van der Waals surface area (Å²) in [7, 11) is 2.95. The Labute approximate surface area is 185 Å². The summed E-state index contributed by atoms with van der Waals surface area (Å²) in [4.78, 5) is 37.9. The zero-order valence-corrected chi connectivity index (χ0v) is 18.5. The maximum Gasteiger partial charge on any atom is 0.313 e. The van der Waals surface area contributed by atoms with E-state index in [4.69, 9.17) is 9.47 Å². The molecule has 1 saturated carbocycles. The minimum Gasteiger partial charge on any atom is -0.497 e. The highest BCUT2D eigenvalue weighted by Gasteiger charge is 2.36. The molecule has 0 radical (unpaired) electrons. The largest absolute Gasteiger partial charge is 0.497 e. The zero-order valence-electron chi connectivity index (χ0n) is 17.7. The standard InChI is InChI=1S/C22H27N3O5S/c1-29-15-7-8-17(30-2)16(12-15)25-21(28)20(27)23-13-19(26)24-14-22(9-3-4-10-22)18-6-5-11-31-18/h5-8,11-12H,3-4,9-10,13-14H2,1-2H3,(H,23,27)(H,24,26)(H,25,28). The van der Waals surface area contributed by atoms with E-state index in [1.165, 1.54) is 19.1 Å². The fourth-order valence-corrected chi connectivity index (χ4v) is 4.79. The van der Waals surface area contributed by atoms with Gasteiger partial charge in [0.25, 0.3) is 0 Å². The number of benzene rings is 1. The molecule has 2 aromatic rings. The number of thiophene rings is 1. The van der Waals surface area contributed by atoms with E-state index in [1.807, 2.05) is 11.4 Å². The number of amides is 3. The summed E-state index contributed by atoms with van der Waals surface area (Å²) >= 11 is 1.71. The molecule has 9 heteroatoms. The van der Waals surface area contributed by atoms with Crippen molar-refractivity contribution in [2.24, 2.45) is 0 Å². The number of hydrogen-bond donors (Lipinski definition) is 3. The number of carbonyl (C=O) groups excluding carboxylic acids is 3. The van der Waals surface area contributed by atoms with E-state index in [2.05, 4.69) is 22.0 Å². The average Bonchev–Trinajstić information content (AvgIpc) is 3.48. The fourth-order valence-electron chi connectivity index (χ4n) is 3.80. The predicted octanol–water partition coefficient (Wildman–Crippen LogP) is 2.45. The molecular weight excluding hydrogens is 418 g/mol. The van der Waals surface area contributed by atoms with Crippen LogP contribution in [-0.4, -0.2) is 45.0 Å². The van der Waals surface area contributed by atoms with Gasteiger partial charge in [-0.1, -0.05) is 18.9 Å². The van der Waals surface area contributed by atoms with Crippen LogP contribution in [0.25, 0.3) is 0 Å². The van der Waals surface area contributed by atoms with Gasteiger partial charge in [0, 0.05) is 22.9 Å². The molecule has 1 fully saturated rings. The lowest BCUT2D eigenvalue weighted by molar-refractivity contribution is -0.136. The van der Waals surface area contributed by atoms with Gasteiger partial charge < -0.3 is 25.4 Å². The molecular formula is C22H27N3O5S. The van der Waals surface area contributed by atoms with Crippen molar-refractivity contribution in [2.75, 3.05) is 32.6 Å². The second kappa shape index (κ2) is 10.3. The van der Waals surface area contributed by atoms with Crippen molar-refractivity contribution in [2.45, 2.75) is 31.1 Å². The van der Waals surface area contributed by atoms with Crippen LogP contribution < -0.4 is 25.4 Å². The molecule has 1 aliphatic rings. The van der Waals surface area contributed by atoms with E-state index in [0.717, 1.165) is 25.7 Å². The van der Waals surface area contributed by atoms with E-state index in [-0.39, 0.29) is 17.9 Å². The summed E-state index contributed by atoms with van der Waals surface area (Å²) in [6.45, 7) is 0.247. The highest BCUT2D eigenvalue weighted by atomic mass is 32.1. The lowest BCUT2D eigenvalue weighted by Gasteiger charge is -2.28. The van der Waals surface area contributed by atoms with E-state index in [0.29, 0.717) is 23.7 Å². The number of nitrogens with one attached hydrogen (secondary N) is 3. The van der Waals surface area contributed by atoms with Gasteiger partial charge in [-0.25, -0.2) is 0 Å². The van der Waals surface area contributed by atoms with Gasteiger partial charge in [0.1, 0.15) is 11.5 Å². The molecule has 3 N–H and O–H groups in total. The van der Waals surface area contributed by atoms with Crippen LogP contribution >= 0.6 is 11.3 Å². The molecule has 31 heavy (non-hydrogen) atoms. The molecule has 1 aromatic carbocycles. The molecule has 166 valence electrons. The summed E-state index contributed by atoms with van der Waals surface area (Å²) in [5, 5.41) is 9.80. The molecule has 8 nitrogen and oxygen atoms in total. The Morgan fingerprint density at radius 3 is 2.45 bits per heavy atom. The van der Waals surface area contributed by atoms with Gasteiger partial charge in [0.05, 0.1) is 26.5 Å². The van der Waals surface area contributed by atoms with Crippen molar-refractivity contribution in [1.82, 2.24) is 10.6 Å². The van der Waals surface area contributed by atoms with E-state index in [1.54, 1.807) is 29.5 Å². The van der Waals surface area contributed by atoms with Crippen molar-refractivity contribution >= 4 is 34.7 Å². The minimum atomic E-state index is -0.908. The van der Waals surface area contributed by atoms with Crippen molar-refractivity contribution in [3.8, 4) is 11.5 Å². The van der Waals surface area contributed by atoms with E-state index < -0.39 is 11.8 Å². The van der Waals surface area contributed by atoms with Crippen molar-refractivity contribution in [3.63, 3.8) is 0 Å². The smallest absolute Gasteiger partial charge is 0.313 e. The van der Waals surface area contributed by atoms with Gasteiger partial charge >= 0.3 is 11.8 Å². The molecule has 1 aliphatic carbocycles. The SMILES string of the molecule is COc1ccc(OC)c(NC(=O)C(=O)NCC(=O)NCC2(c3cccs3)CCCC2)c1. The van der Waals surface area contributed by atoms with Crippen LogP contribution in [0.4, 0.5) is 5.69 Å². The summed E-state index contributed by atoms with van der Waals surface area (Å²) in [6.07, 6.45) is 4.34. The van der Waals surface area contributed by atoms with Gasteiger partial charge in [-0.05, 0) is 36.4 Å². The van der Waals surface area contributed by atoms with Crippen molar-refractivity contribution in [3.05, 3.63) is 40.6 Å². The normalized spacial score (nSPS) is 14.5. The molecule has 0 aliphatic heterocycles. The summed E-state index contributed by atoms with van der Waals surface area (Å²) in [6, 6.07) is 8.97. The van der Waals surface area contributed by atoms with Gasteiger partial charge in [-0.15, -0.1) is 11.3 Å². The predicted molar refractivity (Wildman–Crippen MR) is 119 cm³/mol. The van der Waals surface area contributed by atoms with E-state index in [9.17, 15) is 14.4 Å². The molecule has 3 amide bonds. The lowest BCUT2D eigenvalue weighted by Crippen LogP contribution is -2.45. The van der Waals surface area contributed by atoms with Gasteiger partial charge in [0.15, 0.2) is 0 Å². The molecule has 0 saturated heterocycles. The topological polar surface area (TPSA) is 106 Å². The third kappa shape index (κ3) is 5.55. The summed E-state index contributed by atoms with van der Waals surface area (Å²) < 4.78 is 10.3.